The summed E-state index contributed by atoms with van der Waals surface area (Å²) in [7, 11) is 0. The molecule has 2 aliphatic carbocycles. The van der Waals surface area contributed by atoms with Gasteiger partial charge in [0.05, 0.1) is 5.92 Å². The molecule has 3 atom stereocenters. The smallest absolute Gasteiger partial charge is 0.146 e. The molecule has 0 aromatic heterocycles. The average molecular weight is 124 g/mol. The van der Waals surface area contributed by atoms with E-state index in [2.05, 4.69) is 0 Å². The zero-order chi connectivity index (χ0) is 6.43. The highest BCUT2D eigenvalue weighted by Crippen LogP contribution is 2.51. The first-order chi connectivity index (χ1) is 4.33. The molecule has 2 rings (SSSR count). The highest BCUT2D eigenvalue weighted by molar-refractivity contribution is 5.98. The lowest BCUT2D eigenvalue weighted by Gasteiger charge is -1.96. The summed E-state index contributed by atoms with van der Waals surface area (Å²) in [6, 6.07) is 0. The summed E-state index contributed by atoms with van der Waals surface area (Å²) in [5.41, 5.74) is 0. The van der Waals surface area contributed by atoms with Crippen molar-refractivity contribution in [2.45, 2.75) is 12.8 Å². The van der Waals surface area contributed by atoms with Crippen LogP contribution < -0.4 is 0 Å². The first-order valence-electron chi connectivity index (χ1n) is 3.32. The van der Waals surface area contributed by atoms with Crippen LogP contribution in [-0.4, -0.2) is 12.1 Å². The van der Waals surface area contributed by atoms with Crippen molar-refractivity contribution in [3.05, 3.63) is 0 Å². The van der Waals surface area contributed by atoms with Crippen molar-refractivity contribution in [3.63, 3.8) is 0 Å². The fourth-order valence-electron chi connectivity index (χ4n) is 1.70. The molecule has 0 amide bonds. The van der Waals surface area contributed by atoms with E-state index in [1.807, 2.05) is 0 Å². The molecule has 2 aliphatic rings. The molecule has 0 spiro atoms. The Kier molecular flexibility index (Phi) is 0.821. The average Bonchev–Trinajstić information content (AvgIpc) is 2.55. The minimum absolute atomic E-state index is 0.204. The van der Waals surface area contributed by atoms with Crippen LogP contribution in [0.5, 0.6) is 0 Å². The number of ketones is 1. The summed E-state index contributed by atoms with van der Waals surface area (Å²) in [4.78, 5) is 21.1. The Bertz CT molecular complexity index is 174. The third kappa shape index (κ3) is 0.560. The molecule has 48 valence electrons. The number of aldehydes is 1. The molecule has 0 heterocycles. The molecule has 0 radical (unpaired) electrons. The molecule has 0 aromatic rings. The van der Waals surface area contributed by atoms with Gasteiger partial charge in [-0.25, -0.2) is 0 Å². The highest BCUT2D eigenvalue weighted by atomic mass is 16.1. The van der Waals surface area contributed by atoms with Crippen LogP contribution in [0.4, 0.5) is 0 Å². The Hall–Kier alpha value is -0.660. The van der Waals surface area contributed by atoms with Crippen LogP contribution in [-0.2, 0) is 9.59 Å². The third-order valence-corrected chi connectivity index (χ3v) is 2.37. The zero-order valence-electron chi connectivity index (χ0n) is 5.04. The Morgan fingerprint density at radius 1 is 1.44 bits per heavy atom. The molecule has 0 N–H and O–H groups in total. The normalized spacial score (nSPS) is 46.7. The second-order valence-corrected chi connectivity index (χ2v) is 2.98. The van der Waals surface area contributed by atoms with Gasteiger partial charge in [-0.2, -0.15) is 0 Å². The van der Waals surface area contributed by atoms with Crippen LogP contribution >= 0.6 is 0 Å². The summed E-state index contributed by atoms with van der Waals surface area (Å²) in [5.74, 6) is 0.858. The van der Waals surface area contributed by atoms with Crippen LogP contribution in [0.1, 0.15) is 12.8 Å². The molecule has 0 saturated heterocycles. The van der Waals surface area contributed by atoms with Crippen LogP contribution in [0.3, 0.4) is 0 Å². The summed E-state index contributed by atoms with van der Waals surface area (Å²) >= 11 is 0. The lowest BCUT2D eigenvalue weighted by atomic mass is 10.1. The Morgan fingerprint density at radius 2 is 2.22 bits per heavy atom. The van der Waals surface area contributed by atoms with Gasteiger partial charge in [0.1, 0.15) is 12.1 Å². The van der Waals surface area contributed by atoms with Crippen molar-refractivity contribution in [2.24, 2.45) is 17.8 Å². The largest absolute Gasteiger partial charge is 0.303 e. The van der Waals surface area contributed by atoms with Crippen LogP contribution in [0, 0.1) is 17.8 Å². The standard InChI is InChI=1S/C7H8O2/c8-3-5-1-4-2-6(4)7(5)9/h3-6H,1-2H2. The summed E-state index contributed by atoms with van der Waals surface area (Å²) < 4.78 is 0. The summed E-state index contributed by atoms with van der Waals surface area (Å²) in [6.45, 7) is 0. The van der Waals surface area contributed by atoms with Crippen molar-refractivity contribution in [2.75, 3.05) is 0 Å². The first kappa shape index (κ1) is 5.15. The summed E-state index contributed by atoms with van der Waals surface area (Å²) in [6.07, 6.45) is 2.70. The van der Waals surface area contributed by atoms with E-state index in [1.54, 1.807) is 0 Å². The van der Waals surface area contributed by atoms with Crippen molar-refractivity contribution >= 4 is 12.1 Å². The van der Waals surface area contributed by atoms with Crippen molar-refractivity contribution < 1.29 is 9.59 Å². The predicted octanol–water partition coefficient (Wildman–Crippen LogP) is 0.410. The molecule has 2 fully saturated rings. The number of carbonyl (C=O) groups is 2. The van der Waals surface area contributed by atoms with E-state index in [9.17, 15) is 9.59 Å². The van der Waals surface area contributed by atoms with Gasteiger partial charge in [0.25, 0.3) is 0 Å². The second-order valence-electron chi connectivity index (χ2n) is 2.98. The quantitative estimate of drug-likeness (QED) is 0.375. The number of rotatable bonds is 1. The second kappa shape index (κ2) is 1.43. The van der Waals surface area contributed by atoms with Gasteiger partial charge in [-0.1, -0.05) is 0 Å². The van der Waals surface area contributed by atoms with E-state index in [0.29, 0.717) is 11.8 Å². The molecule has 2 heteroatoms. The minimum Gasteiger partial charge on any atom is -0.303 e. The topological polar surface area (TPSA) is 34.1 Å². The Morgan fingerprint density at radius 3 is 2.56 bits per heavy atom. The number of carbonyl (C=O) groups excluding carboxylic acids is 2. The molecule has 3 unspecified atom stereocenters. The van der Waals surface area contributed by atoms with Crippen molar-refractivity contribution in [1.82, 2.24) is 0 Å². The predicted molar refractivity (Wildman–Crippen MR) is 30.8 cm³/mol. The van der Waals surface area contributed by atoms with E-state index < -0.39 is 0 Å². The van der Waals surface area contributed by atoms with E-state index in [1.165, 1.54) is 0 Å². The van der Waals surface area contributed by atoms with Crippen molar-refractivity contribution in [1.29, 1.82) is 0 Å². The van der Waals surface area contributed by atoms with Gasteiger partial charge in [-0.15, -0.1) is 0 Å². The van der Waals surface area contributed by atoms with Crippen LogP contribution in [0.25, 0.3) is 0 Å². The maximum atomic E-state index is 10.9. The van der Waals surface area contributed by atoms with Gasteiger partial charge < -0.3 is 4.79 Å². The fourth-order valence-corrected chi connectivity index (χ4v) is 1.70. The van der Waals surface area contributed by atoms with Gasteiger partial charge in [-0.3, -0.25) is 4.79 Å². The molecule has 0 bridgehead atoms. The summed E-state index contributed by atoms with van der Waals surface area (Å²) in [5, 5.41) is 0. The van der Waals surface area contributed by atoms with Gasteiger partial charge in [-0.05, 0) is 18.8 Å². The van der Waals surface area contributed by atoms with Gasteiger partial charge in [0, 0.05) is 5.92 Å². The van der Waals surface area contributed by atoms with Crippen LogP contribution in [0.2, 0.25) is 0 Å². The molecule has 0 aliphatic heterocycles. The lowest BCUT2D eigenvalue weighted by Crippen LogP contribution is -2.11. The monoisotopic (exact) mass is 124 g/mol. The Balaban J connectivity index is 2.16. The maximum Gasteiger partial charge on any atom is 0.146 e. The molecule has 9 heavy (non-hydrogen) atoms. The third-order valence-electron chi connectivity index (χ3n) is 2.37. The fraction of sp³-hybridized carbons (Fsp3) is 0.714. The molecular weight excluding hydrogens is 116 g/mol. The molecule has 2 saturated carbocycles. The van der Waals surface area contributed by atoms with Crippen molar-refractivity contribution in [3.8, 4) is 0 Å². The first-order valence-corrected chi connectivity index (χ1v) is 3.32. The molecule has 0 aromatic carbocycles. The number of hydrogen-bond acceptors (Lipinski definition) is 2. The SMILES string of the molecule is O=CC1CC2CC2C1=O. The number of Topliss-reactive ketones (excluding diaryl/α,β-unsaturated/α-hetero) is 1. The van der Waals surface area contributed by atoms with Gasteiger partial charge >= 0.3 is 0 Å². The van der Waals surface area contributed by atoms with Gasteiger partial charge in [0.15, 0.2) is 0 Å². The minimum atomic E-state index is -0.228. The van der Waals surface area contributed by atoms with E-state index in [-0.39, 0.29) is 11.7 Å². The van der Waals surface area contributed by atoms with E-state index in [0.717, 1.165) is 19.1 Å². The lowest BCUT2D eigenvalue weighted by molar-refractivity contribution is -0.126. The zero-order valence-corrected chi connectivity index (χ0v) is 5.04. The molecule has 2 nitrogen and oxygen atoms in total. The van der Waals surface area contributed by atoms with E-state index >= 15 is 0 Å². The van der Waals surface area contributed by atoms with E-state index in [4.69, 9.17) is 0 Å². The molecular formula is C7H8O2. The van der Waals surface area contributed by atoms with Crippen LogP contribution in [0.15, 0.2) is 0 Å². The highest BCUT2D eigenvalue weighted by Gasteiger charge is 2.52. The number of fused-ring (bicyclic) bond motifs is 1. The Labute approximate surface area is 53.2 Å². The maximum absolute atomic E-state index is 10.9. The van der Waals surface area contributed by atoms with Gasteiger partial charge in [0.2, 0.25) is 0 Å². The number of hydrogen-bond donors (Lipinski definition) is 0.